The van der Waals surface area contributed by atoms with E-state index in [1.165, 1.54) is 25.7 Å². The molecule has 3 heterocycles. The van der Waals surface area contributed by atoms with Crippen LogP contribution in [0.15, 0.2) is 152 Å². The van der Waals surface area contributed by atoms with E-state index in [1.54, 1.807) is 11.3 Å². The lowest BCUT2D eigenvalue weighted by atomic mass is 9.90. The zero-order chi connectivity index (χ0) is 31.6. The van der Waals surface area contributed by atoms with Crippen LogP contribution in [0.1, 0.15) is 0 Å². The van der Waals surface area contributed by atoms with Gasteiger partial charge in [0.2, 0.25) is 0 Å². The maximum atomic E-state index is 6.53. The van der Waals surface area contributed by atoms with Gasteiger partial charge in [0.15, 0.2) is 17.5 Å². The van der Waals surface area contributed by atoms with Gasteiger partial charge in [-0.15, -0.1) is 11.3 Å². The summed E-state index contributed by atoms with van der Waals surface area (Å²) in [7, 11) is 0. The number of fused-ring (bicyclic) bond motifs is 5. The summed E-state index contributed by atoms with van der Waals surface area (Å²) >= 11 is 1.81. The molecule has 0 spiro atoms. The van der Waals surface area contributed by atoms with Crippen molar-refractivity contribution in [2.75, 3.05) is 0 Å². The third-order valence-electron chi connectivity index (χ3n) is 9.14. The monoisotopic (exact) mass is 631 g/mol. The van der Waals surface area contributed by atoms with E-state index in [9.17, 15) is 0 Å². The molecule has 1 aliphatic rings. The minimum atomic E-state index is 0.627. The first-order valence-electron chi connectivity index (χ1n) is 15.9. The summed E-state index contributed by atoms with van der Waals surface area (Å²) in [6, 6.07) is 52.7. The fraction of sp³-hybridized carbons (Fsp3) is 0. The highest BCUT2D eigenvalue weighted by atomic mass is 32.1. The number of aromatic nitrogens is 3. The van der Waals surface area contributed by atoms with Crippen molar-refractivity contribution in [2.45, 2.75) is 0 Å². The smallest absolute Gasteiger partial charge is 0.164 e. The standard InChI is InChI=1S/C43H25N3OS/c1-3-10-26(11-4-1)28-18-21-36-34(24-28)32-16-9-15-31-33(20-22-37(47-36)40(31)32)43-45-41(27-12-5-2-6-13-27)44-42(46-43)29-19-23-39-35(25-29)30-14-7-8-17-38(30)48-39/h1-25H. The van der Waals surface area contributed by atoms with Gasteiger partial charge in [0, 0.05) is 47.8 Å². The molecule has 48 heavy (non-hydrogen) atoms. The largest absolute Gasteiger partial charge is 0.456 e. The van der Waals surface area contributed by atoms with Gasteiger partial charge in [-0.05, 0) is 70.6 Å². The van der Waals surface area contributed by atoms with Gasteiger partial charge >= 0.3 is 0 Å². The first-order valence-corrected chi connectivity index (χ1v) is 16.8. The Kier molecular flexibility index (Phi) is 6.01. The molecule has 0 amide bonds. The van der Waals surface area contributed by atoms with Crippen molar-refractivity contribution in [1.82, 2.24) is 15.0 Å². The highest BCUT2D eigenvalue weighted by molar-refractivity contribution is 7.25. The Labute approximate surface area is 280 Å². The van der Waals surface area contributed by atoms with E-state index in [4.69, 9.17) is 19.7 Å². The quantitative estimate of drug-likeness (QED) is 0.194. The normalized spacial score (nSPS) is 11.9. The van der Waals surface area contributed by atoms with Crippen molar-refractivity contribution < 1.29 is 4.74 Å². The van der Waals surface area contributed by atoms with Crippen LogP contribution in [0, 0.1) is 0 Å². The molecule has 5 heteroatoms. The molecule has 0 unspecified atom stereocenters. The molecule has 0 saturated heterocycles. The maximum Gasteiger partial charge on any atom is 0.164 e. The molecule has 0 aliphatic carbocycles. The zero-order valence-corrected chi connectivity index (χ0v) is 26.4. The predicted octanol–water partition coefficient (Wildman–Crippen LogP) is 11.8. The van der Waals surface area contributed by atoms with Crippen molar-refractivity contribution in [2.24, 2.45) is 0 Å². The summed E-state index contributed by atoms with van der Waals surface area (Å²) < 4.78 is 9.05. The van der Waals surface area contributed by atoms with Crippen LogP contribution in [-0.2, 0) is 0 Å². The molecule has 0 atom stereocenters. The lowest BCUT2D eigenvalue weighted by Gasteiger charge is -2.23. The topological polar surface area (TPSA) is 47.9 Å². The van der Waals surface area contributed by atoms with Crippen molar-refractivity contribution >= 4 is 42.3 Å². The second kappa shape index (κ2) is 10.7. The molecule has 0 bridgehead atoms. The molecule has 0 fully saturated rings. The highest BCUT2D eigenvalue weighted by Crippen LogP contribution is 2.49. The van der Waals surface area contributed by atoms with Crippen LogP contribution < -0.4 is 4.74 Å². The molecular formula is C43H25N3OS. The van der Waals surface area contributed by atoms with Crippen LogP contribution in [0.25, 0.3) is 87.4 Å². The fourth-order valence-electron chi connectivity index (χ4n) is 6.84. The van der Waals surface area contributed by atoms with Crippen LogP contribution in [0.4, 0.5) is 0 Å². The van der Waals surface area contributed by atoms with Gasteiger partial charge in [-0.25, -0.2) is 15.0 Å². The van der Waals surface area contributed by atoms with E-state index < -0.39 is 0 Å². The molecule has 9 aromatic rings. The first-order chi connectivity index (χ1) is 23.8. The number of thiophene rings is 1. The third kappa shape index (κ3) is 4.33. The fourth-order valence-corrected chi connectivity index (χ4v) is 7.93. The zero-order valence-electron chi connectivity index (χ0n) is 25.6. The summed E-state index contributed by atoms with van der Waals surface area (Å²) in [5, 5.41) is 4.55. The van der Waals surface area contributed by atoms with E-state index in [2.05, 4.69) is 109 Å². The van der Waals surface area contributed by atoms with Crippen molar-refractivity contribution in [3.05, 3.63) is 152 Å². The van der Waals surface area contributed by atoms with E-state index in [1.807, 2.05) is 42.5 Å². The van der Waals surface area contributed by atoms with E-state index in [0.717, 1.165) is 55.7 Å². The molecule has 1 aliphatic heterocycles. The lowest BCUT2D eigenvalue weighted by molar-refractivity contribution is 0.487. The molecule has 224 valence electrons. The second-order valence-electron chi connectivity index (χ2n) is 12.0. The number of rotatable bonds is 4. The Balaban J connectivity index is 1.17. The minimum absolute atomic E-state index is 0.627. The molecule has 2 aromatic heterocycles. The van der Waals surface area contributed by atoms with Gasteiger partial charge in [0.1, 0.15) is 11.5 Å². The lowest BCUT2D eigenvalue weighted by Crippen LogP contribution is -2.02. The van der Waals surface area contributed by atoms with E-state index in [-0.39, 0.29) is 0 Å². The van der Waals surface area contributed by atoms with E-state index in [0.29, 0.717) is 17.5 Å². The summed E-state index contributed by atoms with van der Waals surface area (Å²) in [5.41, 5.74) is 7.37. The summed E-state index contributed by atoms with van der Waals surface area (Å²) in [4.78, 5) is 15.3. The number of hydrogen-bond acceptors (Lipinski definition) is 5. The molecule has 0 saturated carbocycles. The Bertz CT molecular complexity index is 2700. The Morgan fingerprint density at radius 1 is 0.375 bits per heavy atom. The number of ether oxygens (including phenoxy) is 1. The average molecular weight is 632 g/mol. The molecule has 10 rings (SSSR count). The third-order valence-corrected chi connectivity index (χ3v) is 10.3. The van der Waals surface area contributed by atoms with Gasteiger partial charge in [-0.1, -0.05) is 103 Å². The molecule has 0 N–H and O–H groups in total. The molecular weight excluding hydrogens is 607 g/mol. The average Bonchev–Trinajstić information content (AvgIpc) is 3.53. The number of hydrogen-bond donors (Lipinski definition) is 0. The van der Waals surface area contributed by atoms with Crippen molar-refractivity contribution in [1.29, 1.82) is 0 Å². The van der Waals surface area contributed by atoms with Crippen molar-refractivity contribution in [3.63, 3.8) is 0 Å². The number of nitrogens with zero attached hydrogens (tertiary/aromatic N) is 3. The SMILES string of the molecule is c1ccc(-c2ccc3c(c2)-c2cccc4c(-c5nc(-c6ccccc6)nc(-c6ccc7sc8ccccc8c7c6)n5)ccc(c24)O3)cc1. The second-order valence-corrected chi connectivity index (χ2v) is 13.1. The molecule has 0 radical (unpaired) electrons. The van der Waals surface area contributed by atoms with Gasteiger partial charge < -0.3 is 4.74 Å². The Hall–Kier alpha value is -6.17. The van der Waals surface area contributed by atoms with Gasteiger partial charge in [0.25, 0.3) is 0 Å². The highest BCUT2D eigenvalue weighted by Gasteiger charge is 2.24. The van der Waals surface area contributed by atoms with Crippen LogP contribution in [0.2, 0.25) is 0 Å². The predicted molar refractivity (Wildman–Crippen MR) is 197 cm³/mol. The molecule has 7 aromatic carbocycles. The van der Waals surface area contributed by atoms with Crippen molar-refractivity contribution in [3.8, 4) is 67.9 Å². The Morgan fingerprint density at radius 3 is 1.90 bits per heavy atom. The summed E-state index contributed by atoms with van der Waals surface area (Å²) in [6.45, 7) is 0. The summed E-state index contributed by atoms with van der Waals surface area (Å²) in [6.07, 6.45) is 0. The minimum Gasteiger partial charge on any atom is -0.456 e. The van der Waals surface area contributed by atoms with Crippen LogP contribution >= 0.6 is 11.3 Å². The van der Waals surface area contributed by atoms with Gasteiger partial charge in [-0.3, -0.25) is 0 Å². The van der Waals surface area contributed by atoms with E-state index >= 15 is 0 Å². The maximum absolute atomic E-state index is 6.53. The van der Waals surface area contributed by atoms with Crippen LogP contribution in [0.5, 0.6) is 11.5 Å². The Morgan fingerprint density at radius 2 is 1.04 bits per heavy atom. The van der Waals surface area contributed by atoms with Crippen LogP contribution in [0.3, 0.4) is 0 Å². The first kappa shape index (κ1) is 27.0. The van der Waals surface area contributed by atoms with Gasteiger partial charge in [-0.2, -0.15) is 0 Å². The molecule has 4 nitrogen and oxygen atoms in total. The number of benzene rings is 7. The van der Waals surface area contributed by atoms with Crippen LogP contribution in [-0.4, -0.2) is 15.0 Å². The summed E-state index contributed by atoms with van der Waals surface area (Å²) in [5.74, 6) is 3.59. The van der Waals surface area contributed by atoms with Gasteiger partial charge in [0.05, 0.1) is 0 Å².